The van der Waals surface area contributed by atoms with Crippen LogP contribution in [0.3, 0.4) is 0 Å². The first-order chi connectivity index (χ1) is 13.6. The Bertz CT molecular complexity index is 1050. The van der Waals surface area contributed by atoms with Gasteiger partial charge in [-0.05, 0) is 42.8 Å². The van der Waals surface area contributed by atoms with Crippen molar-refractivity contribution < 1.29 is 14.3 Å². The Morgan fingerprint density at radius 3 is 2.86 bits per heavy atom. The second kappa shape index (κ2) is 7.86. The van der Waals surface area contributed by atoms with Gasteiger partial charge in [0.25, 0.3) is 5.91 Å². The van der Waals surface area contributed by atoms with Gasteiger partial charge in [0.1, 0.15) is 11.3 Å². The van der Waals surface area contributed by atoms with Crippen LogP contribution in [0.5, 0.6) is 5.75 Å². The van der Waals surface area contributed by atoms with E-state index in [1.54, 1.807) is 35.4 Å². The first-order valence-corrected chi connectivity index (χ1v) is 9.36. The molecule has 1 fully saturated rings. The molecule has 142 valence electrons. The van der Waals surface area contributed by atoms with Gasteiger partial charge >= 0.3 is 0 Å². The van der Waals surface area contributed by atoms with Crippen molar-refractivity contribution in [3.63, 3.8) is 0 Å². The molecule has 1 aliphatic rings. The van der Waals surface area contributed by atoms with E-state index in [1.165, 1.54) is 0 Å². The second-order valence-corrected chi connectivity index (χ2v) is 6.86. The molecule has 0 bridgehead atoms. The Labute approximate surface area is 167 Å². The number of nitrogens with one attached hydrogen (secondary N) is 1. The van der Waals surface area contributed by atoms with Crippen LogP contribution in [-0.2, 0) is 9.59 Å². The average Bonchev–Trinajstić information content (AvgIpc) is 3.14. The SMILES string of the molecule is O=C(COc1ccc(Cl)c2cccnc12)Nc1ccccc1N1CCCC1=O. The number of aromatic nitrogens is 1. The van der Waals surface area contributed by atoms with Crippen LogP contribution in [0, 0.1) is 0 Å². The molecule has 0 unspecified atom stereocenters. The lowest BCUT2D eigenvalue weighted by atomic mass is 10.2. The number of benzene rings is 2. The van der Waals surface area contributed by atoms with Gasteiger partial charge in [-0.25, -0.2) is 0 Å². The number of hydrogen-bond acceptors (Lipinski definition) is 4. The van der Waals surface area contributed by atoms with Gasteiger partial charge in [-0.2, -0.15) is 0 Å². The predicted molar refractivity (Wildman–Crippen MR) is 109 cm³/mol. The monoisotopic (exact) mass is 395 g/mol. The van der Waals surface area contributed by atoms with Crippen LogP contribution in [0.4, 0.5) is 11.4 Å². The first kappa shape index (κ1) is 18.3. The maximum Gasteiger partial charge on any atom is 0.262 e. The highest BCUT2D eigenvalue weighted by Gasteiger charge is 2.24. The molecule has 0 spiro atoms. The van der Waals surface area contributed by atoms with Crippen molar-refractivity contribution >= 4 is 45.7 Å². The second-order valence-electron chi connectivity index (χ2n) is 6.45. The van der Waals surface area contributed by atoms with Gasteiger partial charge in [-0.3, -0.25) is 14.6 Å². The van der Waals surface area contributed by atoms with Crippen molar-refractivity contribution in [2.45, 2.75) is 12.8 Å². The number of carbonyl (C=O) groups excluding carboxylic acids is 2. The summed E-state index contributed by atoms with van der Waals surface area (Å²) in [6, 6.07) is 14.3. The van der Waals surface area contributed by atoms with E-state index < -0.39 is 0 Å². The molecule has 4 rings (SSSR count). The quantitative estimate of drug-likeness (QED) is 0.707. The van der Waals surface area contributed by atoms with Gasteiger partial charge < -0.3 is 15.0 Å². The third-order valence-corrected chi connectivity index (χ3v) is 4.91. The highest BCUT2D eigenvalue weighted by Crippen LogP contribution is 2.31. The first-order valence-electron chi connectivity index (χ1n) is 8.99. The molecule has 1 saturated heterocycles. The normalized spacial score (nSPS) is 13.8. The maximum absolute atomic E-state index is 12.5. The molecular weight excluding hydrogens is 378 g/mol. The van der Waals surface area contributed by atoms with Gasteiger partial charge in [0.2, 0.25) is 5.91 Å². The van der Waals surface area contributed by atoms with Crippen molar-refractivity contribution in [1.82, 2.24) is 4.98 Å². The number of hydrogen-bond donors (Lipinski definition) is 1. The van der Waals surface area contributed by atoms with Crippen molar-refractivity contribution in [1.29, 1.82) is 0 Å². The summed E-state index contributed by atoms with van der Waals surface area (Å²) >= 11 is 6.18. The molecule has 0 radical (unpaired) electrons. The Hall–Kier alpha value is -3.12. The van der Waals surface area contributed by atoms with Gasteiger partial charge in [-0.1, -0.05) is 23.7 Å². The van der Waals surface area contributed by atoms with Crippen molar-refractivity contribution in [3.05, 3.63) is 59.8 Å². The lowest BCUT2D eigenvalue weighted by Crippen LogP contribution is -2.27. The van der Waals surface area contributed by atoms with E-state index in [0.717, 1.165) is 11.8 Å². The number of fused-ring (bicyclic) bond motifs is 1. The maximum atomic E-state index is 12.5. The lowest BCUT2D eigenvalue weighted by molar-refractivity contribution is -0.118. The number of amides is 2. The fourth-order valence-electron chi connectivity index (χ4n) is 3.28. The zero-order valence-corrected chi connectivity index (χ0v) is 15.8. The molecule has 3 aromatic rings. The van der Waals surface area contributed by atoms with Crippen molar-refractivity contribution in [2.75, 3.05) is 23.4 Å². The van der Waals surface area contributed by atoms with Crippen LogP contribution in [-0.4, -0.2) is 29.9 Å². The Balaban J connectivity index is 1.48. The number of nitrogens with zero attached hydrogens (tertiary/aromatic N) is 2. The van der Waals surface area contributed by atoms with Crippen LogP contribution < -0.4 is 15.0 Å². The lowest BCUT2D eigenvalue weighted by Gasteiger charge is -2.20. The molecule has 2 amide bonds. The fourth-order valence-corrected chi connectivity index (χ4v) is 3.49. The molecule has 7 heteroatoms. The van der Waals surface area contributed by atoms with Crippen LogP contribution in [0.2, 0.25) is 5.02 Å². The molecule has 1 aromatic heterocycles. The van der Waals surface area contributed by atoms with E-state index >= 15 is 0 Å². The van der Waals surface area contributed by atoms with Crippen LogP contribution in [0.15, 0.2) is 54.7 Å². The van der Waals surface area contributed by atoms with E-state index in [4.69, 9.17) is 16.3 Å². The standard InChI is InChI=1S/C21H18ClN3O3/c22-15-9-10-18(21-14(15)5-3-11-23-21)28-13-19(26)24-16-6-1-2-7-17(16)25-12-4-8-20(25)27/h1-3,5-7,9-11H,4,8,12-13H2,(H,24,26). The largest absolute Gasteiger partial charge is 0.481 e. The minimum Gasteiger partial charge on any atom is -0.481 e. The highest BCUT2D eigenvalue weighted by molar-refractivity contribution is 6.35. The number of pyridine rings is 1. The number of carbonyl (C=O) groups is 2. The molecule has 2 heterocycles. The van der Waals surface area contributed by atoms with E-state index in [1.807, 2.05) is 24.3 Å². The number of para-hydroxylation sites is 2. The summed E-state index contributed by atoms with van der Waals surface area (Å²) in [6.45, 7) is 0.472. The molecule has 1 N–H and O–H groups in total. The Kier molecular flexibility index (Phi) is 5.12. The van der Waals surface area contributed by atoms with Crippen LogP contribution in [0.1, 0.15) is 12.8 Å². The smallest absolute Gasteiger partial charge is 0.262 e. The van der Waals surface area contributed by atoms with Gasteiger partial charge in [0, 0.05) is 24.5 Å². The summed E-state index contributed by atoms with van der Waals surface area (Å²) in [6.07, 6.45) is 3.00. The molecule has 0 saturated carbocycles. The topological polar surface area (TPSA) is 71.5 Å². The van der Waals surface area contributed by atoms with Gasteiger partial charge in [-0.15, -0.1) is 0 Å². The summed E-state index contributed by atoms with van der Waals surface area (Å²) in [4.78, 5) is 30.5. The number of ether oxygens (including phenoxy) is 1. The number of halogens is 1. The third kappa shape index (κ3) is 3.64. The summed E-state index contributed by atoms with van der Waals surface area (Å²) in [5, 5.41) is 4.17. The highest BCUT2D eigenvalue weighted by atomic mass is 35.5. The molecule has 6 nitrogen and oxygen atoms in total. The minimum absolute atomic E-state index is 0.0663. The van der Waals surface area contributed by atoms with Crippen LogP contribution in [0.25, 0.3) is 10.9 Å². The molecule has 0 aliphatic carbocycles. The zero-order valence-electron chi connectivity index (χ0n) is 15.0. The van der Waals surface area contributed by atoms with E-state index in [9.17, 15) is 9.59 Å². The van der Waals surface area contributed by atoms with Gasteiger partial charge in [0.05, 0.1) is 16.4 Å². The Morgan fingerprint density at radius 1 is 1.18 bits per heavy atom. The molecule has 0 atom stereocenters. The van der Waals surface area contributed by atoms with Crippen LogP contribution >= 0.6 is 11.6 Å². The van der Waals surface area contributed by atoms with Gasteiger partial charge in [0.15, 0.2) is 6.61 Å². The summed E-state index contributed by atoms with van der Waals surface area (Å²) in [5.74, 6) is 0.230. The van der Waals surface area contributed by atoms with Crippen molar-refractivity contribution in [3.8, 4) is 5.75 Å². The molecule has 2 aromatic carbocycles. The number of anilines is 2. The molecular formula is C21H18ClN3O3. The third-order valence-electron chi connectivity index (χ3n) is 4.58. The summed E-state index contributed by atoms with van der Waals surface area (Å²) < 4.78 is 5.68. The molecule has 28 heavy (non-hydrogen) atoms. The predicted octanol–water partition coefficient (Wildman–Crippen LogP) is 4.03. The minimum atomic E-state index is -0.321. The average molecular weight is 396 g/mol. The fraction of sp³-hybridized carbons (Fsp3) is 0.190. The Morgan fingerprint density at radius 2 is 2.04 bits per heavy atom. The molecule has 1 aliphatic heterocycles. The van der Waals surface area contributed by atoms with E-state index in [0.29, 0.717) is 40.6 Å². The zero-order chi connectivity index (χ0) is 19.5. The van der Waals surface area contributed by atoms with Crippen molar-refractivity contribution in [2.24, 2.45) is 0 Å². The van der Waals surface area contributed by atoms with E-state index in [-0.39, 0.29) is 18.4 Å². The van der Waals surface area contributed by atoms with E-state index in [2.05, 4.69) is 10.3 Å². The summed E-state index contributed by atoms with van der Waals surface area (Å²) in [7, 11) is 0. The summed E-state index contributed by atoms with van der Waals surface area (Å²) in [5.41, 5.74) is 1.90. The number of rotatable bonds is 5.